The molecule has 1 aromatic carbocycles. The van der Waals surface area contributed by atoms with Crippen LogP contribution in [-0.2, 0) is 0 Å². The number of hydrogen-bond donors (Lipinski definition) is 0. The molecule has 0 radical (unpaired) electrons. The lowest BCUT2D eigenvalue weighted by Gasteiger charge is -2.30. The fourth-order valence-electron chi connectivity index (χ4n) is 2.76. The average Bonchev–Trinajstić information content (AvgIpc) is 3.16. The Labute approximate surface area is 120 Å². The third-order valence-corrected chi connectivity index (χ3v) is 3.89. The number of benzene rings is 1. The van der Waals surface area contributed by atoms with Crippen molar-refractivity contribution >= 4 is 17.1 Å². The van der Waals surface area contributed by atoms with Crippen LogP contribution in [0.4, 0.5) is 10.4 Å². The number of fused-ring (bicyclic) bond motifs is 1. The zero-order valence-electron chi connectivity index (χ0n) is 11.3. The zero-order valence-corrected chi connectivity index (χ0v) is 11.3. The van der Waals surface area contributed by atoms with Crippen LogP contribution >= 0.6 is 0 Å². The van der Waals surface area contributed by atoms with Gasteiger partial charge in [0.1, 0.15) is 11.3 Å². The van der Waals surface area contributed by atoms with E-state index < -0.39 is 0 Å². The van der Waals surface area contributed by atoms with Crippen molar-refractivity contribution in [3.8, 4) is 0 Å². The molecule has 0 spiro atoms. The van der Waals surface area contributed by atoms with E-state index in [-0.39, 0.29) is 5.82 Å². The van der Waals surface area contributed by atoms with E-state index in [0.717, 1.165) is 25.9 Å². The van der Waals surface area contributed by atoms with Crippen LogP contribution in [0.2, 0.25) is 0 Å². The Morgan fingerprint density at radius 2 is 2.10 bits per heavy atom. The van der Waals surface area contributed by atoms with Crippen molar-refractivity contribution in [1.29, 1.82) is 0 Å². The van der Waals surface area contributed by atoms with Crippen molar-refractivity contribution < 1.29 is 8.81 Å². The minimum atomic E-state index is -0.299. The molecule has 0 unspecified atom stereocenters. The number of aromatic nitrogens is 4. The predicted octanol–water partition coefficient (Wildman–Crippen LogP) is 2.40. The molecule has 7 heteroatoms. The van der Waals surface area contributed by atoms with Crippen LogP contribution in [0.3, 0.4) is 0 Å². The van der Waals surface area contributed by atoms with Crippen LogP contribution in [0.5, 0.6) is 0 Å². The van der Waals surface area contributed by atoms with E-state index in [1.165, 1.54) is 12.1 Å². The van der Waals surface area contributed by atoms with E-state index in [0.29, 0.717) is 23.2 Å². The van der Waals surface area contributed by atoms with Crippen molar-refractivity contribution in [2.75, 3.05) is 18.0 Å². The highest BCUT2D eigenvalue weighted by atomic mass is 19.1. The van der Waals surface area contributed by atoms with Crippen LogP contribution in [0.1, 0.15) is 18.9 Å². The quantitative estimate of drug-likeness (QED) is 0.724. The van der Waals surface area contributed by atoms with Crippen molar-refractivity contribution in [3.05, 3.63) is 36.4 Å². The molecule has 1 fully saturated rings. The fraction of sp³-hybridized carbons (Fsp3) is 0.357. The smallest absolute Gasteiger partial charge is 0.298 e. The number of oxazole rings is 1. The van der Waals surface area contributed by atoms with Gasteiger partial charge in [-0.1, -0.05) is 5.21 Å². The zero-order chi connectivity index (χ0) is 14.2. The maximum atomic E-state index is 13.2. The number of piperidine rings is 1. The summed E-state index contributed by atoms with van der Waals surface area (Å²) in [6.07, 6.45) is 5.50. The van der Waals surface area contributed by atoms with Gasteiger partial charge in [0, 0.05) is 25.4 Å². The summed E-state index contributed by atoms with van der Waals surface area (Å²) in [4.78, 5) is 6.46. The van der Waals surface area contributed by atoms with E-state index >= 15 is 0 Å². The first kappa shape index (κ1) is 12.3. The van der Waals surface area contributed by atoms with Crippen LogP contribution in [0.15, 0.2) is 35.0 Å². The largest absolute Gasteiger partial charge is 0.423 e. The lowest BCUT2D eigenvalue weighted by molar-refractivity contribution is 0.351. The molecule has 3 heterocycles. The molecule has 108 valence electrons. The van der Waals surface area contributed by atoms with Gasteiger partial charge in [0.25, 0.3) is 6.01 Å². The van der Waals surface area contributed by atoms with Gasteiger partial charge in [-0.05, 0) is 25.0 Å². The Morgan fingerprint density at radius 3 is 2.86 bits per heavy atom. The third-order valence-electron chi connectivity index (χ3n) is 3.89. The standard InChI is InChI=1S/C14H14FN5O/c15-10-1-2-13-12(9-10)17-14(21-13)19-6-3-11(4-7-19)20-8-5-16-18-20/h1-2,5,8-9,11H,3-4,6-7H2. The van der Waals surface area contributed by atoms with Gasteiger partial charge in [-0.25, -0.2) is 9.07 Å². The van der Waals surface area contributed by atoms with E-state index in [4.69, 9.17) is 4.42 Å². The van der Waals surface area contributed by atoms with Crippen LogP contribution in [0.25, 0.3) is 11.1 Å². The molecular formula is C14H14FN5O. The van der Waals surface area contributed by atoms with Gasteiger partial charge in [-0.15, -0.1) is 5.10 Å². The lowest BCUT2D eigenvalue weighted by Crippen LogP contribution is -2.35. The first-order chi connectivity index (χ1) is 10.3. The van der Waals surface area contributed by atoms with Gasteiger partial charge in [-0.3, -0.25) is 0 Å². The van der Waals surface area contributed by atoms with Crippen LogP contribution < -0.4 is 4.90 Å². The van der Waals surface area contributed by atoms with E-state index in [9.17, 15) is 4.39 Å². The summed E-state index contributed by atoms with van der Waals surface area (Å²) >= 11 is 0. The van der Waals surface area contributed by atoms with Gasteiger partial charge in [0.05, 0.1) is 12.2 Å². The normalized spacial score (nSPS) is 16.7. The van der Waals surface area contributed by atoms with Crippen molar-refractivity contribution in [3.63, 3.8) is 0 Å². The fourth-order valence-corrected chi connectivity index (χ4v) is 2.76. The summed E-state index contributed by atoms with van der Waals surface area (Å²) in [5.74, 6) is -0.299. The summed E-state index contributed by atoms with van der Waals surface area (Å²) in [5, 5.41) is 7.89. The summed E-state index contributed by atoms with van der Waals surface area (Å²) in [6.45, 7) is 1.67. The highest BCUT2D eigenvalue weighted by Crippen LogP contribution is 2.28. The number of rotatable bonds is 2. The van der Waals surface area contributed by atoms with Gasteiger partial charge in [0.15, 0.2) is 5.58 Å². The van der Waals surface area contributed by atoms with Gasteiger partial charge in [-0.2, -0.15) is 4.98 Å². The first-order valence-electron chi connectivity index (χ1n) is 6.96. The van der Waals surface area contributed by atoms with Gasteiger partial charge in [0.2, 0.25) is 0 Å². The van der Waals surface area contributed by atoms with E-state index in [1.54, 1.807) is 12.3 Å². The predicted molar refractivity (Wildman–Crippen MR) is 74.5 cm³/mol. The van der Waals surface area contributed by atoms with Crippen molar-refractivity contribution in [2.24, 2.45) is 0 Å². The maximum Gasteiger partial charge on any atom is 0.298 e. The second-order valence-electron chi connectivity index (χ2n) is 5.21. The minimum Gasteiger partial charge on any atom is -0.423 e. The molecule has 0 amide bonds. The second-order valence-corrected chi connectivity index (χ2v) is 5.21. The molecule has 1 aliphatic rings. The Bertz CT molecular complexity index is 746. The molecule has 0 saturated carbocycles. The molecule has 0 N–H and O–H groups in total. The first-order valence-corrected chi connectivity index (χ1v) is 6.96. The molecule has 0 bridgehead atoms. The molecule has 3 aromatic rings. The Kier molecular flexibility index (Phi) is 2.83. The number of hydrogen-bond acceptors (Lipinski definition) is 5. The molecule has 4 rings (SSSR count). The second kappa shape index (κ2) is 4.83. The molecule has 1 aliphatic heterocycles. The molecule has 1 saturated heterocycles. The topological polar surface area (TPSA) is 60.0 Å². The SMILES string of the molecule is Fc1ccc2oc(N3CCC(n4ccnn4)CC3)nc2c1. The highest BCUT2D eigenvalue weighted by Gasteiger charge is 2.24. The van der Waals surface area contributed by atoms with Crippen LogP contribution in [0, 0.1) is 5.82 Å². The number of anilines is 1. The summed E-state index contributed by atoms with van der Waals surface area (Å²) in [6, 6.07) is 5.32. The number of nitrogens with zero attached hydrogens (tertiary/aromatic N) is 5. The number of halogens is 1. The van der Waals surface area contributed by atoms with Gasteiger partial charge >= 0.3 is 0 Å². The monoisotopic (exact) mass is 287 g/mol. The highest BCUT2D eigenvalue weighted by molar-refractivity contribution is 5.74. The molecule has 6 nitrogen and oxygen atoms in total. The average molecular weight is 287 g/mol. The summed E-state index contributed by atoms with van der Waals surface area (Å²) in [7, 11) is 0. The van der Waals surface area contributed by atoms with E-state index in [1.807, 2.05) is 10.9 Å². The van der Waals surface area contributed by atoms with Gasteiger partial charge < -0.3 is 9.32 Å². The minimum absolute atomic E-state index is 0.299. The summed E-state index contributed by atoms with van der Waals surface area (Å²) < 4.78 is 20.8. The Hall–Kier alpha value is -2.44. The molecule has 0 atom stereocenters. The Morgan fingerprint density at radius 1 is 1.24 bits per heavy atom. The molecule has 21 heavy (non-hydrogen) atoms. The van der Waals surface area contributed by atoms with Crippen LogP contribution in [-0.4, -0.2) is 33.1 Å². The molecule has 0 aliphatic carbocycles. The summed E-state index contributed by atoms with van der Waals surface area (Å²) in [5.41, 5.74) is 1.17. The lowest BCUT2D eigenvalue weighted by atomic mass is 10.1. The molecular weight excluding hydrogens is 273 g/mol. The van der Waals surface area contributed by atoms with E-state index in [2.05, 4.69) is 20.2 Å². The third kappa shape index (κ3) is 2.24. The Balaban J connectivity index is 1.52. The maximum absolute atomic E-state index is 13.2. The van der Waals surface area contributed by atoms with Crippen molar-refractivity contribution in [2.45, 2.75) is 18.9 Å². The van der Waals surface area contributed by atoms with Crippen molar-refractivity contribution in [1.82, 2.24) is 20.0 Å². The molecule has 2 aromatic heterocycles.